The van der Waals surface area contributed by atoms with E-state index < -0.39 is 0 Å². The van der Waals surface area contributed by atoms with Crippen LogP contribution in [-0.2, 0) is 0 Å². The van der Waals surface area contributed by atoms with Crippen molar-refractivity contribution < 1.29 is 0 Å². The fraction of sp³-hybridized carbons (Fsp3) is 0. The summed E-state index contributed by atoms with van der Waals surface area (Å²) in [6, 6.07) is 3.56. The Morgan fingerprint density at radius 3 is 2.30 bits per heavy atom. The lowest BCUT2D eigenvalue weighted by Gasteiger charge is -2.00. The van der Waals surface area contributed by atoms with Gasteiger partial charge in [-0.15, -0.1) is 0 Å². The Morgan fingerprint density at radius 1 is 1.20 bits per heavy atom. The Hall–Kier alpha value is 0.330. The maximum Gasteiger partial charge on any atom is 0.0832 e. The Labute approximate surface area is 82.6 Å². The fourth-order valence-corrected chi connectivity index (χ4v) is 1.49. The van der Waals surface area contributed by atoms with Gasteiger partial charge in [0.1, 0.15) is 0 Å². The molecule has 0 unspecified atom stereocenters. The van der Waals surface area contributed by atoms with Crippen molar-refractivity contribution in [2.75, 3.05) is 5.73 Å². The maximum atomic E-state index is 5.76. The molecule has 0 aromatic heterocycles. The predicted octanol–water partition coefficient (Wildman–Crippen LogP) is 3.18. The van der Waals surface area contributed by atoms with Crippen LogP contribution in [0.25, 0.3) is 0 Å². The molecular formula is C6H4Cl2IN. The van der Waals surface area contributed by atoms with E-state index in [0.29, 0.717) is 15.7 Å². The van der Waals surface area contributed by atoms with Crippen LogP contribution in [0.2, 0.25) is 10.0 Å². The second-order valence-electron chi connectivity index (χ2n) is 1.76. The molecule has 0 atom stereocenters. The van der Waals surface area contributed by atoms with Gasteiger partial charge in [0.15, 0.2) is 0 Å². The largest absolute Gasteiger partial charge is 0.397 e. The SMILES string of the molecule is Nc1ccc(I)c(Cl)c1Cl. The Bertz CT molecular complexity index is 235. The minimum atomic E-state index is 0.438. The number of benzene rings is 1. The summed E-state index contributed by atoms with van der Waals surface area (Å²) in [4.78, 5) is 0. The van der Waals surface area contributed by atoms with Crippen molar-refractivity contribution in [3.63, 3.8) is 0 Å². The van der Waals surface area contributed by atoms with Crippen molar-refractivity contribution in [2.24, 2.45) is 0 Å². The molecule has 10 heavy (non-hydrogen) atoms. The number of nitrogen functional groups attached to an aromatic ring is 1. The van der Waals surface area contributed by atoms with E-state index in [1.807, 2.05) is 6.07 Å². The normalized spacial score (nSPS) is 9.90. The van der Waals surface area contributed by atoms with Gasteiger partial charge >= 0.3 is 0 Å². The van der Waals surface area contributed by atoms with Crippen LogP contribution >= 0.6 is 45.8 Å². The van der Waals surface area contributed by atoms with Crippen LogP contribution in [0.4, 0.5) is 5.69 Å². The molecule has 4 heteroatoms. The minimum absolute atomic E-state index is 0.438. The van der Waals surface area contributed by atoms with Gasteiger partial charge in [0.25, 0.3) is 0 Å². The summed E-state index contributed by atoms with van der Waals surface area (Å²) in [6.45, 7) is 0. The molecule has 0 heterocycles. The molecule has 0 amide bonds. The molecule has 1 aromatic carbocycles. The van der Waals surface area contributed by atoms with Crippen molar-refractivity contribution in [3.05, 3.63) is 25.7 Å². The molecule has 1 rings (SSSR count). The second kappa shape index (κ2) is 3.15. The van der Waals surface area contributed by atoms with Crippen molar-refractivity contribution >= 4 is 51.5 Å². The van der Waals surface area contributed by atoms with Gasteiger partial charge in [0.05, 0.1) is 15.7 Å². The summed E-state index contributed by atoms with van der Waals surface area (Å²) in [6.07, 6.45) is 0. The zero-order valence-corrected chi connectivity index (χ0v) is 8.54. The average Bonchev–Trinajstić information content (AvgIpc) is 1.93. The van der Waals surface area contributed by atoms with Crippen LogP contribution < -0.4 is 5.73 Å². The maximum absolute atomic E-state index is 5.76. The van der Waals surface area contributed by atoms with Crippen LogP contribution in [0.5, 0.6) is 0 Å². The number of anilines is 1. The van der Waals surface area contributed by atoms with Gasteiger partial charge in [-0.2, -0.15) is 0 Å². The molecule has 0 fully saturated rings. The average molecular weight is 288 g/mol. The molecular weight excluding hydrogens is 284 g/mol. The van der Waals surface area contributed by atoms with Gasteiger partial charge in [-0.1, -0.05) is 23.2 Å². The summed E-state index contributed by atoms with van der Waals surface area (Å²) >= 11 is 13.6. The first-order chi connectivity index (χ1) is 4.63. The molecule has 0 saturated carbocycles. The van der Waals surface area contributed by atoms with E-state index in [2.05, 4.69) is 22.6 Å². The summed E-state index contributed by atoms with van der Waals surface area (Å²) < 4.78 is 0.915. The summed E-state index contributed by atoms with van der Waals surface area (Å²) in [5, 5.41) is 0.968. The molecule has 0 aliphatic carbocycles. The first kappa shape index (κ1) is 8.43. The van der Waals surface area contributed by atoms with E-state index in [0.717, 1.165) is 3.57 Å². The molecule has 0 bridgehead atoms. The van der Waals surface area contributed by atoms with Crippen molar-refractivity contribution in [1.29, 1.82) is 0 Å². The highest BCUT2D eigenvalue weighted by molar-refractivity contribution is 14.1. The lowest BCUT2D eigenvalue weighted by molar-refractivity contribution is 1.63. The first-order valence-corrected chi connectivity index (χ1v) is 4.35. The van der Waals surface area contributed by atoms with Crippen LogP contribution in [0.3, 0.4) is 0 Å². The molecule has 0 spiro atoms. The van der Waals surface area contributed by atoms with Crippen LogP contribution in [0.1, 0.15) is 0 Å². The van der Waals surface area contributed by atoms with Gasteiger partial charge in [-0.25, -0.2) is 0 Å². The Morgan fingerprint density at radius 2 is 1.80 bits per heavy atom. The van der Waals surface area contributed by atoms with E-state index in [1.54, 1.807) is 6.07 Å². The summed E-state index contributed by atoms with van der Waals surface area (Å²) in [5.74, 6) is 0. The molecule has 2 N–H and O–H groups in total. The predicted molar refractivity (Wildman–Crippen MR) is 53.6 cm³/mol. The highest BCUT2D eigenvalue weighted by atomic mass is 127. The third-order valence-corrected chi connectivity index (χ3v) is 3.18. The number of nitrogens with two attached hydrogens (primary N) is 1. The lowest BCUT2D eigenvalue weighted by atomic mass is 10.3. The van der Waals surface area contributed by atoms with Gasteiger partial charge < -0.3 is 5.73 Å². The second-order valence-corrected chi connectivity index (χ2v) is 3.68. The summed E-state index contributed by atoms with van der Waals surface area (Å²) in [7, 11) is 0. The molecule has 0 aliphatic rings. The summed E-state index contributed by atoms with van der Waals surface area (Å²) in [5.41, 5.74) is 5.99. The molecule has 1 nitrogen and oxygen atoms in total. The highest BCUT2D eigenvalue weighted by Gasteiger charge is 2.04. The van der Waals surface area contributed by atoms with Gasteiger partial charge in [-0.05, 0) is 34.7 Å². The molecule has 0 aliphatic heterocycles. The first-order valence-electron chi connectivity index (χ1n) is 2.52. The molecule has 0 saturated heterocycles. The third kappa shape index (κ3) is 1.49. The number of hydrogen-bond acceptors (Lipinski definition) is 1. The van der Waals surface area contributed by atoms with E-state index in [4.69, 9.17) is 28.9 Å². The quantitative estimate of drug-likeness (QED) is 0.443. The topological polar surface area (TPSA) is 26.0 Å². The fourth-order valence-electron chi connectivity index (χ4n) is 0.541. The van der Waals surface area contributed by atoms with Crippen LogP contribution in [-0.4, -0.2) is 0 Å². The smallest absolute Gasteiger partial charge is 0.0832 e. The van der Waals surface area contributed by atoms with Gasteiger partial charge in [0, 0.05) is 3.57 Å². The number of rotatable bonds is 0. The van der Waals surface area contributed by atoms with E-state index in [-0.39, 0.29) is 0 Å². The van der Waals surface area contributed by atoms with Gasteiger partial charge in [0.2, 0.25) is 0 Å². The standard InChI is InChI=1S/C6H4Cl2IN/c7-5-3(9)1-2-4(10)6(5)8/h1-2H,10H2. The Balaban J connectivity index is 3.34. The lowest BCUT2D eigenvalue weighted by Crippen LogP contribution is -1.87. The highest BCUT2D eigenvalue weighted by Crippen LogP contribution is 2.31. The minimum Gasteiger partial charge on any atom is -0.397 e. The van der Waals surface area contributed by atoms with E-state index in [1.165, 1.54) is 0 Å². The monoisotopic (exact) mass is 287 g/mol. The zero-order chi connectivity index (χ0) is 7.72. The van der Waals surface area contributed by atoms with Crippen molar-refractivity contribution in [1.82, 2.24) is 0 Å². The molecule has 0 radical (unpaired) electrons. The van der Waals surface area contributed by atoms with Crippen LogP contribution in [0.15, 0.2) is 12.1 Å². The number of halogens is 3. The van der Waals surface area contributed by atoms with Gasteiger partial charge in [-0.3, -0.25) is 0 Å². The molecule has 1 aromatic rings. The number of hydrogen-bond donors (Lipinski definition) is 1. The van der Waals surface area contributed by atoms with Crippen molar-refractivity contribution in [2.45, 2.75) is 0 Å². The zero-order valence-electron chi connectivity index (χ0n) is 4.87. The Kier molecular flexibility index (Phi) is 2.66. The van der Waals surface area contributed by atoms with Crippen LogP contribution in [0, 0.1) is 3.57 Å². The van der Waals surface area contributed by atoms with Crippen molar-refractivity contribution in [3.8, 4) is 0 Å². The van der Waals surface area contributed by atoms with E-state index >= 15 is 0 Å². The third-order valence-electron chi connectivity index (χ3n) is 1.07. The molecule has 54 valence electrons. The van der Waals surface area contributed by atoms with E-state index in [9.17, 15) is 0 Å².